The van der Waals surface area contributed by atoms with Crippen LogP contribution in [0.3, 0.4) is 0 Å². The molecule has 0 aliphatic heterocycles. The molecule has 0 aliphatic rings. The molecule has 0 saturated carbocycles. The summed E-state index contributed by atoms with van der Waals surface area (Å²) in [4.78, 5) is 16.5. The molecule has 0 fully saturated rings. The second-order valence-corrected chi connectivity index (χ2v) is 4.45. The number of rotatable bonds is 5. The van der Waals surface area contributed by atoms with E-state index in [2.05, 4.69) is 22.7 Å². The third kappa shape index (κ3) is 3.55. The smallest absolute Gasteiger partial charge is 0.255 e. The number of amides is 1. The molecule has 0 saturated heterocycles. The van der Waals surface area contributed by atoms with E-state index < -0.39 is 0 Å². The maximum atomic E-state index is 12.2. The predicted octanol–water partition coefficient (Wildman–Crippen LogP) is 2.57. The van der Waals surface area contributed by atoms with Gasteiger partial charge in [0.15, 0.2) is 0 Å². The van der Waals surface area contributed by atoms with Crippen molar-refractivity contribution in [1.29, 1.82) is 0 Å². The van der Waals surface area contributed by atoms with Crippen LogP contribution in [0.1, 0.15) is 29.4 Å². The van der Waals surface area contributed by atoms with Gasteiger partial charge in [0.25, 0.3) is 5.91 Å². The molecule has 2 rings (SSSR count). The van der Waals surface area contributed by atoms with Crippen LogP contribution in [0, 0.1) is 0 Å². The lowest BCUT2D eigenvalue weighted by Gasteiger charge is -2.09. The van der Waals surface area contributed by atoms with Crippen LogP contribution in [0.15, 0.2) is 42.5 Å². The SMILES string of the molecule is CCCc1cc(C(=O)Nc2ccccc2)cc(NN)n1. The fourth-order valence-corrected chi connectivity index (χ4v) is 1.90. The normalized spacial score (nSPS) is 10.1. The van der Waals surface area contributed by atoms with Gasteiger partial charge in [-0.3, -0.25) is 4.79 Å². The number of nitrogens with two attached hydrogens (primary N) is 1. The Kier molecular flexibility index (Phi) is 4.68. The van der Waals surface area contributed by atoms with Crippen molar-refractivity contribution in [3.8, 4) is 0 Å². The highest BCUT2D eigenvalue weighted by molar-refractivity contribution is 6.04. The Balaban J connectivity index is 2.22. The number of nitrogens with zero attached hydrogens (tertiary/aromatic N) is 1. The Bertz CT molecular complexity index is 584. The summed E-state index contributed by atoms with van der Waals surface area (Å²) < 4.78 is 0. The Labute approximate surface area is 118 Å². The second kappa shape index (κ2) is 6.68. The molecule has 1 heterocycles. The van der Waals surface area contributed by atoms with Gasteiger partial charge in [-0.15, -0.1) is 0 Å². The molecule has 5 nitrogen and oxygen atoms in total. The van der Waals surface area contributed by atoms with Gasteiger partial charge in [0.2, 0.25) is 0 Å². The first-order valence-electron chi connectivity index (χ1n) is 6.57. The third-order valence-corrected chi connectivity index (χ3v) is 2.83. The van der Waals surface area contributed by atoms with Crippen molar-refractivity contribution in [2.45, 2.75) is 19.8 Å². The number of para-hydroxylation sites is 1. The molecule has 0 atom stereocenters. The van der Waals surface area contributed by atoms with E-state index in [4.69, 9.17) is 5.84 Å². The molecule has 104 valence electrons. The molecule has 0 unspecified atom stereocenters. The highest BCUT2D eigenvalue weighted by Gasteiger charge is 2.09. The van der Waals surface area contributed by atoms with Gasteiger partial charge < -0.3 is 10.7 Å². The summed E-state index contributed by atoms with van der Waals surface area (Å²) in [6.45, 7) is 2.06. The summed E-state index contributed by atoms with van der Waals surface area (Å²) in [5.74, 6) is 5.71. The van der Waals surface area contributed by atoms with Crippen molar-refractivity contribution in [3.63, 3.8) is 0 Å². The van der Waals surface area contributed by atoms with Gasteiger partial charge >= 0.3 is 0 Å². The maximum absolute atomic E-state index is 12.2. The van der Waals surface area contributed by atoms with Crippen LogP contribution in [0.2, 0.25) is 0 Å². The van der Waals surface area contributed by atoms with Crippen LogP contribution >= 0.6 is 0 Å². The fraction of sp³-hybridized carbons (Fsp3) is 0.200. The van der Waals surface area contributed by atoms with E-state index in [1.807, 2.05) is 30.3 Å². The van der Waals surface area contributed by atoms with Gasteiger partial charge in [0, 0.05) is 16.9 Å². The summed E-state index contributed by atoms with van der Waals surface area (Å²) in [7, 11) is 0. The van der Waals surface area contributed by atoms with Gasteiger partial charge in [-0.05, 0) is 30.7 Å². The number of anilines is 2. The van der Waals surface area contributed by atoms with Crippen molar-refractivity contribution < 1.29 is 4.79 Å². The van der Waals surface area contributed by atoms with Gasteiger partial charge in [-0.1, -0.05) is 31.5 Å². The summed E-state index contributed by atoms with van der Waals surface area (Å²) in [5.41, 5.74) is 4.64. The molecular weight excluding hydrogens is 252 g/mol. The maximum Gasteiger partial charge on any atom is 0.255 e. The van der Waals surface area contributed by atoms with E-state index in [1.165, 1.54) is 0 Å². The topological polar surface area (TPSA) is 80.0 Å². The van der Waals surface area contributed by atoms with Crippen LogP contribution in [0.5, 0.6) is 0 Å². The molecule has 0 radical (unpaired) electrons. The zero-order chi connectivity index (χ0) is 14.4. The Hall–Kier alpha value is -2.40. The van der Waals surface area contributed by atoms with Crippen molar-refractivity contribution in [1.82, 2.24) is 4.98 Å². The van der Waals surface area contributed by atoms with Crippen LogP contribution in [0.25, 0.3) is 0 Å². The van der Waals surface area contributed by atoms with E-state index in [9.17, 15) is 4.79 Å². The first-order valence-corrected chi connectivity index (χ1v) is 6.57. The second-order valence-electron chi connectivity index (χ2n) is 4.45. The number of hydrogen-bond acceptors (Lipinski definition) is 4. The highest BCUT2D eigenvalue weighted by atomic mass is 16.1. The van der Waals surface area contributed by atoms with E-state index in [0.29, 0.717) is 11.4 Å². The standard InChI is InChI=1S/C15H18N4O/c1-2-6-13-9-11(10-14(17-13)19-16)15(20)18-12-7-4-3-5-8-12/h3-5,7-10H,2,6,16H2,1H3,(H,17,19)(H,18,20). The molecule has 1 aromatic heterocycles. The molecule has 2 aromatic rings. The number of aromatic nitrogens is 1. The average Bonchev–Trinajstić information content (AvgIpc) is 2.48. The first-order chi connectivity index (χ1) is 9.72. The van der Waals surface area contributed by atoms with E-state index >= 15 is 0 Å². The van der Waals surface area contributed by atoms with Gasteiger partial charge in [0.05, 0.1) is 0 Å². The molecule has 5 heteroatoms. The van der Waals surface area contributed by atoms with Crippen molar-refractivity contribution in [2.75, 3.05) is 10.7 Å². The van der Waals surface area contributed by atoms with E-state index in [1.54, 1.807) is 12.1 Å². The minimum absolute atomic E-state index is 0.174. The number of nitrogens with one attached hydrogen (secondary N) is 2. The third-order valence-electron chi connectivity index (χ3n) is 2.83. The lowest BCUT2D eigenvalue weighted by atomic mass is 10.1. The van der Waals surface area contributed by atoms with Crippen LogP contribution < -0.4 is 16.6 Å². The molecule has 1 amide bonds. The Morgan fingerprint density at radius 1 is 1.25 bits per heavy atom. The molecule has 0 bridgehead atoms. The number of nitrogen functional groups attached to an aromatic ring is 1. The monoisotopic (exact) mass is 270 g/mol. The van der Waals surface area contributed by atoms with E-state index in [-0.39, 0.29) is 5.91 Å². The molecule has 20 heavy (non-hydrogen) atoms. The highest BCUT2D eigenvalue weighted by Crippen LogP contribution is 2.14. The number of hydrazine groups is 1. The largest absolute Gasteiger partial charge is 0.322 e. The molecule has 0 spiro atoms. The molecule has 0 aliphatic carbocycles. The minimum atomic E-state index is -0.174. The summed E-state index contributed by atoms with van der Waals surface area (Å²) in [5, 5.41) is 2.84. The Morgan fingerprint density at radius 2 is 2.00 bits per heavy atom. The summed E-state index contributed by atoms with van der Waals surface area (Å²) in [6.07, 6.45) is 1.77. The quantitative estimate of drug-likeness (QED) is 0.576. The van der Waals surface area contributed by atoms with Gasteiger partial charge in [-0.25, -0.2) is 10.8 Å². The van der Waals surface area contributed by atoms with Crippen LogP contribution in [-0.2, 0) is 6.42 Å². The molecular formula is C15H18N4O. The fourth-order valence-electron chi connectivity index (χ4n) is 1.90. The number of pyridine rings is 1. The predicted molar refractivity (Wildman–Crippen MR) is 80.4 cm³/mol. The molecule has 1 aromatic carbocycles. The minimum Gasteiger partial charge on any atom is -0.322 e. The number of aryl methyl sites for hydroxylation is 1. The van der Waals surface area contributed by atoms with Crippen LogP contribution in [0.4, 0.5) is 11.5 Å². The van der Waals surface area contributed by atoms with Gasteiger partial charge in [-0.2, -0.15) is 0 Å². The Morgan fingerprint density at radius 3 is 2.65 bits per heavy atom. The lowest BCUT2D eigenvalue weighted by Crippen LogP contribution is -2.15. The van der Waals surface area contributed by atoms with E-state index in [0.717, 1.165) is 24.2 Å². The summed E-state index contributed by atoms with van der Waals surface area (Å²) >= 11 is 0. The lowest BCUT2D eigenvalue weighted by molar-refractivity contribution is 0.102. The number of carbonyl (C=O) groups excluding carboxylic acids is 1. The zero-order valence-electron chi connectivity index (χ0n) is 11.4. The van der Waals surface area contributed by atoms with Crippen molar-refractivity contribution >= 4 is 17.4 Å². The number of hydrogen-bond donors (Lipinski definition) is 3. The molecule has 4 N–H and O–H groups in total. The summed E-state index contributed by atoms with van der Waals surface area (Å²) in [6, 6.07) is 12.8. The first kappa shape index (κ1) is 14.0. The van der Waals surface area contributed by atoms with Crippen molar-refractivity contribution in [3.05, 3.63) is 53.7 Å². The van der Waals surface area contributed by atoms with Crippen LogP contribution in [-0.4, -0.2) is 10.9 Å². The number of benzene rings is 1. The number of carbonyl (C=O) groups is 1. The van der Waals surface area contributed by atoms with Crippen molar-refractivity contribution in [2.24, 2.45) is 5.84 Å². The van der Waals surface area contributed by atoms with Gasteiger partial charge in [0.1, 0.15) is 5.82 Å². The zero-order valence-corrected chi connectivity index (χ0v) is 11.4. The average molecular weight is 270 g/mol.